The molecule has 2 aromatic carbocycles. The Hall–Kier alpha value is -2.64. The molecule has 0 amide bonds. The SMILES string of the molecule is COc1ccc(C)cc1S(=O)(=O)N1CCN(c2cccc3cccnc23)CC1. The van der Waals surface area contributed by atoms with Crippen molar-refractivity contribution in [1.29, 1.82) is 0 Å². The number of hydrogen-bond donors (Lipinski definition) is 0. The van der Waals surface area contributed by atoms with Crippen LogP contribution in [0.3, 0.4) is 0 Å². The van der Waals surface area contributed by atoms with Crippen LogP contribution in [-0.2, 0) is 10.0 Å². The van der Waals surface area contributed by atoms with Crippen LogP contribution in [0, 0.1) is 6.92 Å². The van der Waals surface area contributed by atoms with Crippen LogP contribution in [0.5, 0.6) is 5.75 Å². The maximum Gasteiger partial charge on any atom is 0.246 e. The van der Waals surface area contributed by atoms with E-state index < -0.39 is 10.0 Å². The van der Waals surface area contributed by atoms with Gasteiger partial charge in [0.25, 0.3) is 0 Å². The number of pyridine rings is 1. The van der Waals surface area contributed by atoms with Gasteiger partial charge in [-0.15, -0.1) is 0 Å². The van der Waals surface area contributed by atoms with Gasteiger partial charge in [-0.1, -0.05) is 24.3 Å². The molecule has 0 N–H and O–H groups in total. The smallest absolute Gasteiger partial charge is 0.246 e. The van der Waals surface area contributed by atoms with E-state index in [1.807, 2.05) is 43.3 Å². The molecule has 1 aliphatic rings. The van der Waals surface area contributed by atoms with Gasteiger partial charge in [0.2, 0.25) is 10.0 Å². The van der Waals surface area contributed by atoms with Crippen LogP contribution in [0.2, 0.25) is 0 Å². The van der Waals surface area contributed by atoms with Gasteiger partial charge in [-0.3, -0.25) is 4.98 Å². The molecule has 1 saturated heterocycles. The summed E-state index contributed by atoms with van der Waals surface area (Å²) in [5.74, 6) is 0.381. The molecular weight excluding hydrogens is 374 g/mol. The van der Waals surface area contributed by atoms with Crippen LogP contribution < -0.4 is 9.64 Å². The Balaban J connectivity index is 1.58. The van der Waals surface area contributed by atoms with Crippen molar-refractivity contribution in [3.63, 3.8) is 0 Å². The van der Waals surface area contributed by atoms with Gasteiger partial charge in [-0.25, -0.2) is 8.42 Å². The first-order valence-electron chi connectivity index (χ1n) is 9.24. The number of ether oxygens (including phenoxy) is 1. The molecule has 2 heterocycles. The molecule has 4 rings (SSSR count). The van der Waals surface area contributed by atoms with Gasteiger partial charge < -0.3 is 9.64 Å². The Labute approximate surface area is 165 Å². The molecule has 1 fully saturated rings. The van der Waals surface area contributed by atoms with Gasteiger partial charge in [-0.2, -0.15) is 4.31 Å². The molecule has 0 saturated carbocycles. The summed E-state index contributed by atoms with van der Waals surface area (Å²) in [6, 6.07) is 15.3. The molecule has 1 aliphatic heterocycles. The summed E-state index contributed by atoms with van der Waals surface area (Å²) in [7, 11) is -2.11. The number of sulfonamides is 1. The molecule has 146 valence electrons. The van der Waals surface area contributed by atoms with Crippen LogP contribution in [0.25, 0.3) is 10.9 Å². The van der Waals surface area contributed by atoms with Crippen LogP contribution in [0.4, 0.5) is 5.69 Å². The number of aromatic nitrogens is 1. The van der Waals surface area contributed by atoms with E-state index in [-0.39, 0.29) is 4.90 Å². The Morgan fingerprint density at radius 3 is 2.50 bits per heavy atom. The Bertz CT molecular complexity index is 1100. The van der Waals surface area contributed by atoms with Gasteiger partial charge in [0.1, 0.15) is 10.6 Å². The summed E-state index contributed by atoms with van der Waals surface area (Å²) in [6.45, 7) is 3.95. The van der Waals surface area contributed by atoms with Crippen molar-refractivity contribution in [2.45, 2.75) is 11.8 Å². The third-order valence-corrected chi connectivity index (χ3v) is 7.05. The lowest BCUT2D eigenvalue weighted by molar-refractivity contribution is 0.374. The molecule has 0 unspecified atom stereocenters. The van der Waals surface area contributed by atoms with E-state index >= 15 is 0 Å². The Morgan fingerprint density at radius 2 is 1.75 bits per heavy atom. The fraction of sp³-hybridized carbons (Fsp3) is 0.286. The number of methoxy groups -OCH3 is 1. The zero-order valence-electron chi connectivity index (χ0n) is 16.0. The van der Waals surface area contributed by atoms with E-state index in [1.54, 1.807) is 22.6 Å². The lowest BCUT2D eigenvalue weighted by Crippen LogP contribution is -2.48. The van der Waals surface area contributed by atoms with E-state index in [4.69, 9.17) is 4.74 Å². The van der Waals surface area contributed by atoms with E-state index in [1.165, 1.54) is 7.11 Å². The summed E-state index contributed by atoms with van der Waals surface area (Å²) in [6.07, 6.45) is 1.79. The summed E-state index contributed by atoms with van der Waals surface area (Å²) in [5.41, 5.74) is 2.88. The number of benzene rings is 2. The van der Waals surface area contributed by atoms with E-state index in [9.17, 15) is 8.42 Å². The summed E-state index contributed by atoms with van der Waals surface area (Å²) in [4.78, 5) is 6.95. The molecular formula is C21H23N3O3S. The fourth-order valence-electron chi connectivity index (χ4n) is 3.64. The number of para-hydroxylation sites is 1. The zero-order valence-corrected chi connectivity index (χ0v) is 16.8. The highest BCUT2D eigenvalue weighted by atomic mass is 32.2. The van der Waals surface area contributed by atoms with Gasteiger partial charge >= 0.3 is 0 Å². The van der Waals surface area contributed by atoms with Crippen LogP contribution in [-0.4, -0.2) is 51.0 Å². The maximum absolute atomic E-state index is 13.2. The van der Waals surface area contributed by atoms with E-state index in [2.05, 4.69) is 9.88 Å². The van der Waals surface area contributed by atoms with Crippen molar-refractivity contribution in [3.8, 4) is 5.75 Å². The summed E-state index contributed by atoms with van der Waals surface area (Å²) < 4.78 is 33.2. The molecule has 7 heteroatoms. The Kier molecular flexibility index (Phi) is 4.95. The number of nitrogens with zero attached hydrogens (tertiary/aromatic N) is 3. The topological polar surface area (TPSA) is 62.7 Å². The molecule has 0 spiro atoms. The summed E-state index contributed by atoms with van der Waals surface area (Å²) in [5, 5.41) is 1.08. The molecule has 1 aromatic heterocycles. The monoisotopic (exact) mass is 397 g/mol. The quantitative estimate of drug-likeness (QED) is 0.677. The van der Waals surface area contributed by atoms with Crippen molar-refractivity contribution in [1.82, 2.24) is 9.29 Å². The molecule has 0 bridgehead atoms. The van der Waals surface area contributed by atoms with Crippen LogP contribution in [0.1, 0.15) is 5.56 Å². The summed E-state index contributed by atoms with van der Waals surface area (Å²) >= 11 is 0. The first-order chi connectivity index (χ1) is 13.5. The number of anilines is 1. The van der Waals surface area contributed by atoms with Gasteiger partial charge in [0.05, 0.1) is 18.3 Å². The highest BCUT2D eigenvalue weighted by Gasteiger charge is 2.31. The van der Waals surface area contributed by atoms with Crippen molar-refractivity contribution >= 4 is 26.6 Å². The lowest BCUT2D eigenvalue weighted by Gasteiger charge is -2.35. The predicted molar refractivity (Wildman–Crippen MR) is 110 cm³/mol. The zero-order chi connectivity index (χ0) is 19.7. The highest BCUT2D eigenvalue weighted by Crippen LogP contribution is 2.30. The average molecular weight is 398 g/mol. The van der Waals surface area contributed by atoms with Crippen LogP contribution >= 0.6 is 0 Å². The molecule has 6 nitrogen and oxygen atoms in total. The fourth-order valence-corrected chi connectivity index (χ4v) is 5.30. The maximum atomic E-state index is 13.2. The normalized spacial score (nSPS) is 15.7. The molecule has 0 radical (unpaired) electrons. The van der Waals surface area contributed by atoms with Crippen LogP contribution in [0.15, 0.2) is 59.6 Å². The molecule has 0 atom stereocenters. The van der Waals surface area contributed by atoms with Crippen molar-refractivity contribution in [2.24, 2.45) is 0 Å². The van der Waals surface area contributed by atoms with E-state index in [0.717, 1.165) is 22.2 Å². The Morgan fingerprint density at radius 1 is 1.00 bits per heavy atom. The molecule has 3 aromatic rings. The minimum absolute atomic E-state index is 0.232. The predicted octanol–water partition coefficient (Wildman–Crippen LogP) is 3.06. The number of piperazine rings is 1. The second-order valence-corrected chi connectivity index (χ2v) is 8.80. The van der Waals surface area contributed by atoms with Crippen molar-refractivity contribution < 1.29 is 13.2 Å². The standard InChI is InChI=1S/C21H23N3O3S/c1-16-8-9-19(27-2)20(15-16)28(25,26)24-13-11-23(12-14-24)18-7-3-5-17-6-4-10-22-21(17)18/h3-10,15H,11-14H2,1-2H3. The molecule has 0 aliphatic carbocycles. The number of aryl methyl sites for hydroxylation is 1. The first-order valence-corrected chi connectivity index (χ1v) is 10.7. The second-order valence-electron chi connectivity index (χ2n) is 6.90. The van der Waals surface area contributed by atoms with Gasteiger partial charge in [0.15, 0.2) is 0 Å². The number of hydrogen-bond acceptors (Lipinski definition) is 5. The average Bonchev–Trinajstić information content (AvgIpc) is 2.73. The largest absolute Gasteiger partial charge is 0.495 e. The minimum Gasteiger partial charge on any atom is -0.495 e. The first kappa shape index (κ1) is 18.7. The lowest BCUT2D eigenvalue weighted by atomic mass is 10.1. The number of fused-ring (bicyclic) bond motifs is 1. The van der Waals surface area contributed by atoms with Gasteiger partial charge in [-0.05, 0) is 36.8 Å². The van der Waals surface area contributed by atoms with E-state index in [0.29, 0.717) is 31.9 Å². The minimum atomic E-state index is -3.61. The number of rotatable bonds is 4. The second kappa shape index (κ2) is 7.41. The highest BCUT2D eigenvalue weighted by molar-refractivity contribution is 7.89. The van der Waals surface area contributed by atoms with Crippen molar-refractivity contribution in [3.05, 3.63) is 60.3 Å². The third-order valence-electron chi connectivity index (χ3n) is 5.13. The third kappa shape index (κ3) is 3.31. The van der Waals surface area contributed by atoms with Gasteiger partial charge in [0, 0.05) is 37.8 Å². The van der Waals surface area contributed by atoms with Crippen molar-refractivity contribution in [2.75, 3.05) is 38.2 Å². The molecule has 28 heavy (non-hydrogen) atoms.